The van der Waals surface area contributed by atoms with Gasteiger partial charge < -0.3 is 0 Å². The SMILES string of the molecule is CCCCCCCCCCCCCC(=S)c1ccccc1. The molecule has 0 spiro atoms. The van der Waals surface area contributed by atoms with Crippen molar-refractivity contribution in [3.05, 3.63) is 35.9 Å². The molecule has 0 amide bonds. The van der Waals surface area contributed by atoms with E-state index in [-0.39, 0.29) is 0 Å². The lowest BCUT2D eigenvalue weighted by Gasteiger charge is -2.04. The molecular weight excluding hydrogens is 272 g/mol. The van der Waals surface area contributed by atoms with Gasteiger partial charge in [0.15, 0.2) is 0 Å². The third kappa shape index (κ3) is 9.79. The van der Waals surface area contributed by atoms with E-state index in [1.807, 2.05) is 6.07 Å². The molecule has 0 fully saturated rings. The lowest BCUT2D eigenvalue weighted by molar-refractivity contribution is 0.552. The van der Waals surface area contributed by atoms with Gasteiger partial charge in [0.1, 0.15) is 0 Å². The van der Waals surface area contributed by atoms with Crippen molar-refractivity contribution in [2.75, 3.05) is 0 Å². The van der Waals surface area contributed by atoms with Crippen molar-refractivity contribution in [2.24, 2.45) is 0 Å². The number of thiocarbonyl (C=S) groups is 1. The zero-order valence-corrected chi connectivity index (χ0v) is 14.6. The molecular formula is C20H32S. The van der Waals surface area contributed by atoms with Crippen molar-refractivity contribution in [2.45, 2.75) is 84.0 Å². The predicted molar refractivity (Wildman–Crippen MR) is 99.2 cm³/mol. The van der Waals surface area contributed by atoms with Crippen LogP contribution in [0.1, 0.15) is 89.5 Å². The van der Waals surface area contributed by atoms with Crippen LogP contribution in [0.5, 0.6) is 0 Å². The van der Waals surface area contributed by atoms with Crippen molar-refractivity contribution in [1.29, 1.82) is 0 Å². The molecule has 0 aliphatic rings. The van der Waals surface area contributed by atoms with E-state index >= 15 is 0 Å². The number of benzene rings is 1. The number of unbranched alkanes of at least 4 members (excludes halogenated alkanes) is 10. The van der Waals surface area contributed by atoms with Crippen LogP contribution in [-0.2, 0) is 0 Å². The highest BCUT2D eigenvalue weighted by Crippen LogP contribution is 2.13. The van der Waals surface area contributed by atoms with E-state index < -0.39 is 0 Å². The summed E-state index contributed by atoms with van der Waals surface area (Å²) in [5.41, 5.74) is 1.24. The Kier molecular flexibility index (Phi) is 11.4. The third-order valence-corrected chi connectivity index (χ3v) is 4.54. The first-order chi connectivity index (χ1) is 10.3. The Bertz CT molecular complexity index is 355. The average molecular weight is 305 g/mol. The van der Waals surface area contributed by atoms with Gasteiger partial charge in [0, 0.05) is 4.86 Å². The molecule has 0 heterocycles. The molecule has 0 unspecified atom stereocenters. The molecule has 1 aromatic rings. The van der Waals surface area contributed by atoms with Crippen LogP contribution >= 0.6 is 12.2 Å². The summed E-state index contributed by atoms with van der Waals surface area (Å²) in [6, 6.07) is 10.4. The van der Waals surface area contributed by atoms with Crippen molar-refractivity contribution in [3.8, 4) is 0 Å². The van der Waals surface area contributed by atoms with E-state index in [9.17, 15) is 0 Å². The maximum absolute atomic E-state index is 5.49. The predicted octanol–water partition coefficient (Wildman–Crippen LogP) is 7.11. The number of hydrogen-bond acceptors (Lipinski definition) is 1. The van der Waals surface area contributed by atoms with Crippen LogP contribution in [0.15, 0.2) is 30.3 Å². The van der Waals surface area contributed by atoms with Crippen molar-refractivity contribution >= 4 is 17.1 Å². The first-order valence-corrected chi connectivity index (χ1v) is 9.33. The van der Waals surface area contributed by atoms with E-state index in [0.717, 1.165) is 11.3 Å². The second-order valence-electron chi connectivity index (χ2n) is 6.07. The minimum atomic E-state index is 1.08. The van der Waals surface area contributed by atoms with E-state index in [1.54, 1.807) is 0 Å². The number of hydrogen-bond donors (Lipinski definition) is 0. The molecule has 1 heteroatoms. The molecule has 118 valence electrons. The van der Waals surface area contributed by atoms with Gasteiger partial charge in [-0.25, -0.2) is 0 Å². The summed E-state index contributed by atoms with van der Waals surface area (Å²) in [6.45, 7) is 2.28. The maximum atomic E-state index is 5.49. The summed E-state index contributed by atoms with van der Waals surface area (Å²) in [6.07, 6.45) is 16.4. The second-order valence-corrected chi connectivity index (χ2v) is 6.57. The Balaban J connectivity index is 1.88. The lowest BCUT2D eigenvalue weighted by Crippen LogP contribution is -1.96. The fraction of sp³-hybridized carbons (Fsp3) is 0.650. The molecule has 0 N–H and O–H groups in total. The highest BCUT2D eigenvalue weighted by Gasteiger charge is 2.00. The highest BCUT2D eigenvalue weighted by atomic mass is 32.1. The average Bonchev–Trinajstić information content (AvgIpc) is 2.53. The first kappa shape index (κ1) is 18.4. The van der Waals surface area contributed by atoms with Crippen LogP contribution in [0.2, 0.25) is 0 Å². The van der Waals surface area contributed by atoms with Gasteiger partial charge in [0.25, 0.3) is 0 Å². The molecule has 0 nitrogen and oxygen atoms in total. The summed E-state index contributed by atoms with van der Waals surface area (Å²) in [4.78, 5) is 1.13. The van der Waals surface area contributed by atoms with Crippen LogP contribution in [0.25, 0.3) is 0 Å². The summed E-state index contributed by atoms with van der Waals surface area (Å²) < 4.78 is 0. The standard InChI is InChI=1S/C20H32S/c1-2-3-4-5-6-7-8-9-10-11-15-18-20(21)19-16-13-12-14-17-19/h12-14,16-17H,2-11,15,18H2,1H3. The van der Waals surface area contributed by atoms with Gasteiger partial charge in [-0.15, -0.1) is 0 Å². The quantitative estimate of drug-likeness (QED) is 0.213. The van der Waals surface area contributed by atoms with Crippen molar-refractivity contribution < 1.29 is 0 Å². The van der Waals surface area contributed by atoms with Crippen molar-refractivity contribution in [1.82, 2.24) is 0 Å². The molecule has 0 saturated heterocycles. The van der Waals surface area contributed by atoms with E-state index in [2.05, 4.69) is 31.2 Å². The monoisotopic (exact) mass is 304 g/mol. The van der Waals surface area contributed by atoms with Crippen LogP contribution in [0.4, 0.5) is 0 Å². The summed E-state index contributed by atoms with van der Waals surface area (Å²) in [5.74, 6) is 0. The number of rotatable bonds is 13. The Labute approximate surface area is 137 Å². The minimum Gasteiger partial charge on any atom is -0.0843 e. The molecule has 1 aromatic carbocycles. The topological polar surface area (TPSA) is 0 Å². The Hall–Kier alpha value is -0.690. The molecule has 0 saturated carbocycles. The van der Waals surface area contributed by atoms with Crippen molar-refractivity contribution in [3.63, 3.8) is 0 Å². The molecule has 0 aromatic heterocycles. The first-order valence-electron chi connectivity index (χ1n) is 8.93. The normalized spacial score (nSPS) is 10.7. The molecule has 0 aliphatic carbocycles. The maximum Gasteiger partial charge on any atom is 0.0224 e. The van der Waals surface area contributed by atoms with E-state index in [4.69, 9.17) is 12.2 Å². The van der Waals surface area contributed by atoms with Gasteiger partial charge >= 0.3 is 0 Å². The van der Waals surface area contributed by atoms with Crippen LogP contribution in [-0.4, -0.2) is 4.86 Å². The molecule has 0 bridgehead atoms. The molecule has 0 atom stereocenters. The zero-order valence-electron chi connectivity index (χ0n) is 13.8. The lowest BCUT2D eigenvalue weighted by atomic mass is 10.0. The largest absolute Gasteiger partial charge is 0.0843 e. The van der Waals surface area contributed by atoms with E-state index in [1.165, 1.54) is 76.2 Å². The van der Waals surface area contributed by atoms with Gasteiger partial charge in [0.05, 0.1) is 0 Å². The Morgan fingerprint density at radius 1 is 0.714 bits per heavy atom. The van der Waals surface area contributed by atoms with Gasteiger partial charge in [-0.2, -0.15) is 0 Å². The van der Waals surface area contributed by atoms with Gasteiger partial charge in [-0.3, -0.25) is 0 Å². The molecule has 0 radical (unpaired) electrons. The van der Waals surface area contributed by atoms with Gasteiger partial charge in [-0.05, 0) is 18.4 Å². The third-order valence-electron chi connectivity index (χ3n) is 4.10. The summed E-state index contributed by atoms with van der Waals surface area (Å²) >= 11 is 5.49. The Morgan fingerprint density at radius 2 is 1.19 bits per heavy atom. The van der Waals surface area contributed by atoms with Gasteiger partial charge in [-0.1, -0.05) is 114 Å². The fourth-order valence-electron chi connectivity index (χ4n) is 2.72. The van der Waals surface area contributed by atoms with Crippen LogP contribution < -0.4 is 0 Å². The van der Waals surface area contributed by atoms with Crippen LogP contribution in [0.3, 0.4) is 0 Å². The Morgan fingerprint density at radius 3 is 1.71 bits per heavy atom. The minimum absolute atomic E-state index is 1.08. The highest BCUT2D eigenvalue weighted by molar-refractivity contribution is 7.80. The fourth-order valence-corrected chi connectivity index (χ4v) is 3.00. The molecule has 21 heavy (non-hydrogen) atoms. The molecule has 1 rings (SSSR count). The second kappa shape index (κ2) is 13.0. The zero-order chi connectivity index (χ0) is 15.2. The van der Waals surface area contributed by atoms with E-state index in [0.29, 0.717) is 0 Å². The smallest absolute Gasteiger partial charge is 0.0224 e. The van der Waals surface area contributed by atoms with Gasteiger partial charge in [0.2, 0.25) is 0 Å². The summed E-state index contributed by atoms with van der Waals surface area (Å²) in [7, 11) is 0. The summed E-state index contributed by atoms with van der Waals surface area (Å²) in [5, 5.41) is 0. The molecule has 0 aliphatic heterocycles. The van der Waals surface area contributed by atoms with Crippen LogP contribution in [0, 0.1) is 0 Å².